The van der Waals surface area contributed by atoms with Gasteiger partial charge < -0.3 is 5.11 Å². The lowest BCUT2D eigenvalue weighted by Crippen LogP contribution is -2.05. The highest BCUT2D eigenvalue weighted by molar-refractivity contribution is 7.98. The first-order chi connectivity index (χ1) is 9.02. The molecule has 1 atom stereocenters. The molecule has 0 bridgehead atoms. The monoisotopic (exact) mass is 276 g/mol. The molecule has 1 unspecified atom stereocenters. The molecule has 0 aliphatic carbocycles. The summed E-state index contributed by atoms with van der Waals surface area (Å²) in [6.45, 7) is 3.65. The van der Waals surface area contributed by atoms with Crippen LogP contribution in [-0.4, -0.2) is 11.4 Å². The first kappa shape index (κ1) is 14.1. The van der Waals surface area contributed by atoms with Gasteiger partial charge in [0.2, 0.25) is 0 Å². The van der Waals surface area contributed by atoms with Gasteiger partial charge in [-0.1, -0.05) is 12.1 Å². The van der Waals surface area contributed by atoms with E-state index in [0.717, 1.165) is 27.1 Å². The predicted molar refractivity (Wildman–Crippen MR) is 78.2 cm³/mol. The summed E-state index contributed by atoms with van der Waals surface area (Å²) in [5.41, 5.74) is 3.17. The molecule has 0 aliphatic rings. The van der Waals surface area contributed by atoms with Crippen molar-refractivity contribution in [2.75, 3.05) is 6.26 Å². The van der Waals surface area contributed by atoms with E-state index in [4.69, 9.17) is 0 Å². The van der Waals surface area contributed by atoms with Crippen LogP contribution in [0.5, 0.6) is 0 Å². The minimum Gasteiger partial charge on any atom is -0.384 e. The summed E-state index contributed by atoms with van der Waals surface area (Å²) in [5, 5.41) is 10.5. The molecule has 0 radical (unpaired) electrons. The second-order valence-electron chi connectivity index (χ2n) is 4.63. The van der Waals surface area contributed by atoms with Crippen LogP contribution in [0.4, 0.5) is 4.39 Å². The van der Waals surface area contributed by atoms with Crippen LogP contribution in [0.3, 0.4) is 0 Å². The molecule has 0 spiro atoms. The summed E-state index contributed by atoms with van der Waals surface area (Å²) in [5.74, 6) is -0.260. The van der Waals surface area contributed by atoms with Crippen LogP contribution in [0.2, 0.25) is 0 Å². The summed E-state index contributed by atoms with van der Waals surface area (Å²) in [6, 6.07) is 10.7. The van der Waals surface area contributed by atoms with Crippen molar-refractivity contribution in [3.05, 3.63) is 64.5 Å². The van der Waals surface area contributed by atoms with E-state index in [1.54, 1.807) is 11.8 Å². The fourth-order valence-electron chi connectivity index (χ4n) is 2.31. The molecule has 2 aromatic carbocycles. The lowest BCUT2D eigenvalue weighted by atomic mass is 9.93. The summed E-state index contributed by atoms with van der Waals surface area (Å²) < 4.78 is 13.3. The predicted octanol–water partition coefficient (Wildman–Crippen LogP) is 4.25. The molecule has 0 saturated carbocycles. The van der Waals surface area contributed by atoms with Crippen LogP contribution < -0.4 is 0 Å². The van der Waals surface area contributed by atoms with Crippen molar-refractivity contribution in [2.45, 2.75) is 24.8 Å². The van der Waals surface area contributed by atoms with Crippen molar-refractivity contribution in [3.63, 3.8) is 0 Å². The van der Waals surface area contributed by atoms with Gasteiger partial charge in [-0.15, -0.1) is 11.8 Å². The van der Waals surface area contributed by atoms with Gasteiger partial charge in [-0.25, -0.2) is 4.39 Å². The molecule has 2 rings (SSSR count). The van der Waals surface area contributed by atoms with Gasteiger partial charge >= 0.3 is 0 Å². The van der Waals surface area contributed by atoms with Crippen LogP contribution in [0.15, 0.2) is 41.3 Å². The fraction of sp³-hybridized carbons (Fsp3) is 0.250. The van der Waals surface area contributed by atoms with Gasteiger partial charge in [0.05, 0.1) is 0 Å². The molecule has 0 aliphatic heterocycles. The minimum atomic E-state index is -0.712. The lowest BCUT2D eigenvalue weighted by molar-refractivity contribution is 0.218. The molecule has 19 heavy (non-hydrogen) atoms. The molecule has 0 fully saturated rings. The van der Waals surface area contributed by atoms with E-state index in [9.17, 15) is 9.50 Å². The molecule has 1 N–H and O–H groups in total. The first-order valence-electron chi connectivity index (χ1n) is 6.11. The number of hydrogen-bond donors (Lipinski definition) is 1. The molecule has 100 valence electrons. The molecule has 0 amide bonds. The molecule has 0 heterocycles. The van der Waals surface area contributed by atoms with E-state index < -0.39 is 6.10 Å². The third-order valence-electron chi connectivity index (χ3n) is 3.26. The smallest absolute Gasteiger partial charge is 0.123 e. The number of hydrogen-bond acceptors (Lipinski definition) is 2. The number of halogens is 1. The van der Waals surface area contributed by atoms with Gasteiger partial charge in [-0.05, 0) is 66.6 Å². The number of aryl methyl sites for hydroxylation is 2. The molecule has 0 aromatic heterocycles. The average Bonchev–Trinajstić information content (AvgIpc) is 2.37. The third kappa shape index (κ3) is 2.99. The van der Waals surface area contributed by atoms with Crippen molar-refractivity contribution in [3.8, 4) is 0 Å². The largest absolute Gasteiger partial charge is 0.384 e. The van der Waals surface area contributed by atoms with E-state index in [1.807, 2.05) is 44.4 Å². The maximum absolute atomic E-state index is 13.3. The van der Waals surface area contributed by atoms with Crippen molar-refractivity contribution in [1.29, 1.82) is 0 Å². The molecular formula is C16H17FOS. The summed E-state index contributed by atoms with van der Waals surface area (Å²) in [7, 11) is 0. The Hall–Kier alpha value is -1.32. The first-order valence-corrected chi connectivity index (χ1v) is 7.34. The minimum absolute atomic E-state index is 0.260. The maximum atomic E-state index is 13.3. The highest BCUT2D eigenvalue weighted by Gasteiger charge is 2.16. The number of thioether (sulfide) groups is 1. The Labute approximate surface area is 117 Å². The van der Waals surface area contributed by atoms with Crippen molar-refractivity contribution in [2.24, 2.45) is 0 Å². The van der Waals surface area contributed by atoms with Gasteiger partial charge in [0, 0.05) is 4.90 Å². The average molecular weight is 276 g/mol. The van der Waals surface area contributed by atoms with Gasteiger partial charge in [-0.3, -0.25) is 0 Å². The SMILES string of the molecule is CSc1ccc(C(O)c2c(C)cc(F)cc2C)cc1. The molecular weight excluding hydrogens is 259 g/mol. The highest BCUT2D eigenvalue weighted by Crippen LogP contribution is 2.29. The zero-order valence-electron chi connectivity index (χ0n) is 11.3. The highest BCUT2D eigenvalue weighted by atomic mass is 32.2. The molecule has 0 saturated heterocycles. The zero-order valence-corrected chi connectivity index (χ0v) is 12.1. The third-order valence-corrected chi connectivity index (χ3v) is 4.01. The van der Waals surface area contributed by atoms with E-state index in [2.05, 4.69) is 0 Å². The standard InChI is InChI=1S/C16H17FOS/c1-10-8-13(17)9-11(2)15(10)16(18)12-4-6-14(19-3)7-5-12/h4-9,16,18H,1-3H3. The second-order valence-corrected chi connectivity index (χ2v) is 5.51. The zero-order chi connectivity index (χ0) is 14.0. The van der Waals surface area contributed by atoms with E-state index in [1.165, 1.54) is 12.1 Å². The molecule has 2 aromatic rings. The Morgan fingerprint density at radius 3 is 2.05 bits per heavy atom. The van der Waals surface area contributed by atoms with Gasteiger partial charge in [-0.2, -0.15) is 0 Å². The van der Waals surface area contributed by atoms with Crippen LogP contribution in [0.25, 0.3) is 0 Å². The number of benzene rings is 2. The van der Waals surface area contributed by atoms with E-state index in [0.29, 0.717) is 0 Å². The van der Waals surface area contributed by atoms with Gasteiger partial charge in [0.25, 0.3) is 0 Å². The summed E-state index contributed by atoms with van der Waals surface area (Å²) in [4.78, 5) is 1.16. The van der Waals surface area contributed by atoms with E-state index in [-0.39, 0.29) is 5.82 Å². The van der Waals surface area contributed by atoms with Gasteiger partial charge in [0.1, 0.15) is 11.9 Å². The topological polar surface area (TPSA) is 20.2 Å². The Bertz CT molecular complexity index is 555. The van der Waals surface area contributed by atoms with Crippen molar-refractivity contribution in [1.82, 2.24) is 0 Å². The molecule has 1 nitrogen and oxygen atoms in total. The Morgan fingerprint density at radius 1 is 1.05 bits per heavy atom. The Balaban J connectivity index is 2.40. The summed E-state index contributed by atoms with van der Waals surface area (Å²) in [6.07, 6.45) is 1.30. The van der Waals surface area contributed by atoms with Gasteiger partial charge in [0.15, 0.2) is 0 Å². The molecule has 3 heteroatoms. The van der Waals surface area contributed by atoms with Crippen LogP contribution >= 0.6 is 11.8 Å². The fourth-order valence-corrected chi connectivity index (χ4v) is 2.71. The summed E-state index contributed by atoms with van der Waals surface area (Å²) >= 11 is 1.66. The Kier molecular flexibility index (Phi) is 4.27. The maximum Gasteiger partial charge on any atom is 0.123 e. The Morgan fingerprint density at radius 2 is 1.58 bits per heavy atom. The van der Waals surface area contributed by atoms with Crippen molar-refractivity contribution < 1.29 is 9.50 Å². The lowest BCUT2D eigenvalue weighted by Gasteiger charge is -2.17. The van der Waals surface area contributed by atoms with Crippen LogP contribution in [-0.2, 0) is 0 Å². The van der Waals surface area contributed by atoms with Crippen LogP contribution in [0.1, 0.15) is 28.4 Å². The number of rotatable bonds is 3. The second kappa shape index (κ2) is 5.76. The number of aliphatic hydroxyl groups excluding tert-OH is 1. The van der Waals surface area contributed by atoms with Crippen molar-refractivity contribution >= 4 is 11.8 Å². The van der Waals surface area contributed by atoms with E-state index >= 15 is 0 Å². The normalized spacial score (nSPS) is 12.5. The number of aliphatic hydroxyl groups is 1. The van der Waals surface area contributed by atoms with Crippen LogP contribution in [0, 0.1) is 19.7 Å². The quantitative estimate of drug-likeness (QED) is 0.846.